The van der Waals surface area contributed by atoms with Crippen molar-refractivity contribution >= 4 is 11.8 Å². The van der Waals surface area contributed by atoms with Crippen LogP contribution in [0.15, 0.2) is 18.3 Å². The first-order chi connectivity index (χ1) is 9.15. The summed E-state index contributed by atoms with van der Waals surface area (Å²) in [5, 5.41) is 12.5. The number of hydrogen-bond donors (Lipinski definition) is 2. The van der Waals surface area contributed by atoms with Gasteiger partial charge in [-0.05, 0) is 24.6 Å². The number of aromatic nitrogens is 1. The van der Waals surface area contributed by atoms with E-state index in [-0.39, 0.29) is 12.1 Å². The number of aliphatic hydroxyl groups is 1. The molecule has 3 heterocycles. The predicted molar refractivity (Wildman–Crippen MR) is 71.0 cm³/mol. The number of carbonyl (C=O) groups excluding carboxylic acids is 1. The molecule has 6 nitrogen and oxygen atoms in total. The van der Waals surface area contributed by atoms with Crippen LogP contribution in [0.2, 0.25) is 0 Å². The zero-order valence-corrected chi connectivity index (χ0v) is 10.9. The molecule has 0 radical (unpaired) electrons. The fourth-order valence-electron chi connectivity index (χ4n) is 2.68. The maximum Gasteiger partial charge on any atom is 0.317 e. The summed E-state index contributed by atoms with van der Waals surface area (Å²) in [6, 6.07) is 4.00. The molecule has 0 aliphatic carbocycles. The molecule has 2 saturated heterocycles. The lowest BCUT2D eigenvalue weighted by Crippen LogP contribution is -2.52. The van der Waals surface area contributed by atoms with Gasteiger partial charge < -0.3 is 20.2 Å². The number of anilines is 1. The summed E-state index contributed by atoms with van der Waals surface area (Å²) in [4.78, 5) is 20.0. The number of rotatable bonds is 2. The molecule has 0 bridgehead atoms. The van der Waals surface area contributed by atoms with E-state index >= 15 is 0 Å². The van der Waals surface area contributed by atoms with Gasteiger partial charge >= 0.3 is 6.03 Å². The molecule has 2 N–H and O–H groups in total. The van der Waals surface area contributed by atoms with E-state index in [1.54, 1.807) is 13.1 Å². The molecule has 0 spiro atoms. The van der Waals surface area contributed by atoms with Gasteiger partial charge in [0.2, 0.25) is 0 Å². The van der Waals surface area contributed by atoms with Crippen molar-refractivity contribution in [2.45, 2.75) is 19.1 Å². The van der Waals surface area contributed by atoms with E-state index < -0.39 is 6.10 Å². The average Bonchev–Trinajstić information content (AvgIpc) is 2.80. The third kappa shape index (κ3) is 2.23. The minimum atomic E-state index is -0.488. The van der Waals surface area contributed by atoms with E-state index in [4.69, 9.17) is 0 Å². The van der Waals surface area contributed by atoms with Crippen LogP contribution in [0.3, 0.4) is 0 Å². The molecule has 2 unspecified atom stereocenters. The minimum absolute atomic E-state index is 0.0374. The lowest BCUT2D eigenvalue weighted by atomic mass is 10.1. The van der Waals surface area contributed by atoms with E-state index in [1.165, 1.54) is 0 Å². The molecule has 2 aliphatic rings. The highest BCUT2D eigenvalue weighted by Crippen LogP contribution is 2.22. The first-order valence-electron chi connectivity index (χ1n) is 6.58. The summed E-state index contributed by atoms with van der Waals surface area (Å²) in [6.07, 6.45) is 1.24. The van der Waals surface area contributed by atoms with Crippen molar-refractivity contribution in [2.75, 3.05) is 31.1 Å². The van der Waals surface area contributed by atoms with Gasteiger partial charge in [-0.2, -0.15) is 0 Å². The van der Waals surface area contributed by atoms with Gasteiger partial charge in [0.05, 0.1) is 12.1 Å². The Morgan fingerprint density at radius 1 is 1.53 bits per heavy atom. The van der Waals surface area contributed by atoms with Crippen LogP contribution in [-0.4, -0.2) is 53.2 Å². The highest BCUT2D eigenvalue weighted by Gasteiger charge is 2.35. The highest BCUT2D eigenvalue weighted by atomic mass is 16.3. The van der Waals surface area contributed by atoms with Crippen LogP contribution in [0, 0.1) is 0 Å². The number of hydrogen-bond acceptors (Lipinski definition) is 4. The Kier molecular flexibility index (Phi) is 3.02. The molecular weight excluding hydrogens is 244 g/mol. The number of carbonyl (C=O) groups is 1. The summed E-state index contributed by atoms with van der Waals surface area (Å²) in [7, 11) is 0. The van der Waals surface area contributed by atoms with E-state index in [2.05, 4.69) is 15.2 Å². The molecule has 1 aromatic rings. The normalized spacial score (nSPS) is 24.1. The SMILES string of the molecule is CC(O)c1ccnc(N2CCN3C(=O)NCC3C2)c1. The Bertz CT molecular complexity index is 491. The quantitative estimate of drug-likeness (QED) is 0.807. The van der Waals surface area contributed by atoms with Gasteiger partial charge in [-0.15, -0.1) is 0 Å². The molecule has 3 rings (SSSR count). The van der Waals surface area contributed by atoms with E-state index in [9.17, 15) is 9.90 Å². The van der Waals surface area contributed by atoms with Crippen LogP contribution >= 0.6 is 0 Å². The minimum Gasteiger partial charge on any atom is -0.389 e. The Hall–Kier alpha value is -1.82. The third-order valence-corrected chi connectivity index (χ3v) is 3.81. The number of aliphatic hydroxyl groups excluding tert-OH is 1. The fraction of sp³-hybridized carbons (Fsp3) is 0.538. The maximum absolute atomic E-state index is 11.5. The molecule has 6 heteroatoms. The number of pyridine rings is 1. The Labute approximate surface area is 112 Å². The lowest BCUT2D eigenvalue weighted by Gasteiger charge is -2.37. The Morgan fingerprint density at radius 3 is 3.16 bits per heavy atom. The smallest absolute Gasteiger partial charge is 0.317 e. The summed E-state index contributed by atoms with van der Waals surface area (Å²) in [5.74, 6) is 0.873. The van der Waals surface area contributed by atoms with Gasteiger partial charge in [-0.3, -0.25) is 0 Å². The van der Waals surface area contributed by atoms with Gasteiger partial charge in [0.1, 0.15) is 5.82 Å². The molecule has 0 saturated carbocycles. The topological polar surface area (TPSA) is 68.7 Å². The highest BCUT2D eigenvalue weighted by molar-refractivity contribution is 5.77. The second-order valence-electron chi connectivity index (χ2n) is 5.10. The number of piperazine rings is 1. The van der Waals surface area contributed by atoms with E-state index in [1.807, 2.05) is 17.0 Å². The van der Waals surface area contributed by atoms with Crippen LogP contribution in [0.4, 0.5) is 10.6 Å². The molecule has 0 aromatic carbocycles. The second-order valence-corrected chi connectivity index (χ2v) is 5.10. The number of fused-ring (bicyclic) bond motifs is 1. The molecular formula is C13H18N4O2. The molecule has 2 fully saturated rings. The van der Waals surface area contributed by atoms with E-state index in [0.29, 0.717) is 6.54 Å². The van der Waals surface area contributed by atoms with Crippen molar-refractivity contribution in [3.8, 4) is 0 Å². The van der Waals surface area contributed by atoms with Crippen LogP contribution in [0.5, 0.6) is 0 Å². The van der Waals surface area contributed by atoms with Crippen LogP contribution < -0.4 is 10.2 Å². The maximum atomic E-state index is 11.5. The fourth-order valence-corrected chi connectivity index (χ4v) is 2.68. The third-order valence-electron chi connectivity index (χ3n) is 3.81. The first-order valence-corrected chi connectivity index (χ1v) is 6.58. The molecule has 19 heavy (non-hydrogen) atoms. The van der Waals surface area contributed by atoms with Gasteiger partial charge in [0.15, 0.2) is 0 Å². The van der Waals surface area contributed by atoms with Gasteiger partial charge in [0, 0.05) is 32.4 Å². The standard InChI is InChI=1S/C13H18N4O2/c1-9(18)10-2-3-14-12(6-10)16-4-5-17-11(8-16)7-15-13(17)19/h2-3,6,9,11,18H,4-5,7-8H2,1H3,(H,15,19). The summed E-state index contributed by atoms with van der Waals surface area (Å²) < 4.78 is 0. The van der Waals surface area contributed by atoms with Gasteiger partial charge in [-0.25, -0.2) is 9.78 Å². The van der Waals surface area contributed by atoms with Crippen LogP contribution in [0.25, 0.3) is 0 Å². The van der Waals surface area contributed by atoms with Crippen molar-refractivity contribution in [3.63, 3.8) is 0 Å². The lowest BCUT2D eigenvalue weighted by molar-refractivity contribution is 0.197. The van der Waals surface area contributed by atoms with Crippen LogP contribution in [-0.2, 0) is 0 Å². The summed E-state index contributed by atoms with van der Waals surface area (Å²) >= 11 is 0. The molecule has 2 amide bonds. The van der Waals surface area contributed by atoms with Crippen molar-refractivity contribution in [1.29, 1.82) is 0 Å². The number of nitrogens with zero attached hydrogens (tertiary/aromatic N) is 3. The van der Waals surface area contributed by atoms with Crippen molar-refractivity contribution in [2.24, 2.45) is 0 Å². The Morgan fingerprint density at radius 2 is 2.37 bits per heavy atom. The monoisotopic (exact) mass is 262 g/mol. The van der Waals surface area contributed by atoms with Gasteiger partial charge in [-0.1, -0.05) is 0 Å². The van der Waals surface area contributed by atoms with Crippen LogP contribution in [0.1, 0.15) is 18.6 Å². The summed E-state index contributed by atoms with van der Waals surface area (Å²) in [6.45, 7) is 4.73. The van der Waals surface area contributed by atoms with Crippen molar-refractivity contribution < 1.29 is 9.90 Å². The molecule has 2 atom stereocenters. The number of urea groups is 1. The van der Waals surface area contributed by atoms with E-state index in [0.717, 1.165) is 31.0 Å². The molecule has 2 aliphatic heterocycles. The first kappa shape index (κ1) is 12.2. The number of amides is 2. The molecule has 1 aromatic heterocycles. The number of nitrogens with one attached hydrogen (secondary N) is 1. The molecule has 102 valence electrons. The second kappa shape index (κ2) is 4.70. The predicted octanol–water partition coefficient (Wildman–Crippen LogP) is 0.349. The largest absolute Gasteiger partial charge is 0.389 e. The van der Waals surface area contributed by atoms with Crippen molar-refractivity contribution in [3.05, 3.63) is 23.9 Å². The zero-order valence-electron chi connectivity index (χ0n) is 10.9. The zero-order chi connectivity index (χ0) is 13.4. The Balaban J connectivity index is 1.77. The van der Waals surface area contributed by atoms with Gasteiger partial charge in [0.25, 0.3) is 0 Å². The average molecular weight is 262 g/mol. The van der Waals surface area contributed by atoms with Crippen molar-refractivity contribution in [1.82, 2.24) is 15.2 Å². The summed E-state index contributed by atoms with van der Waals surface area (Å²) in [5.41, 5.74) is 0.869.